The van der Waals surface area contributed by atoms with Gasteiger partial charge < -0.3 is 15.0 Å². The first-order valence-electron chi connectivity index (χ1n) is 8.95. The first-order valence-corrected chi connectivity index (χ1v) is 9.77. The van der Waals surface area contributed by atoms with Gasteiger partial charge in [-0.15, -0.1) is 16.4 Å². The van der Waals surface area contributed by atoms with E-state index in [4.69, 9.17) is 4.74 Å². The summed E-state index contributed by atoms with van der Waals surface area (Å²) in [6.07, 6.45) is 4.28. The van der Waals surface area contributed by atoms with Crippen molar-refractivity contribution in [3.63, 3.8) is 0 Å². The SMILES string of the molecule is CCOC(=O)c1c(NC(=O)Cn2nc3cnccn3c2=O)sc(C(=O)N(C)C)c1C. The Bertz CT molecular complexity index is 1190. The van der Waals surface area contributed by atoms with Gasteiger partial charge in [0, 0.05) is 26.5 Å². The molecule has 0 aliphatic carbocycles. The van der Waals surface area contributed by atoms with Crippen molar-refractivity contribution in [2.45, 2.75) is 20.4 Å². The largest absolute Gasteiger partial charge is 0.462 e. The number of ether oxygens (including phenoxy) is 1. The van der Waals surface area contributed by atoms with Gasteiger partial charge in [0.15, 0.2) is 5.65 Å². The highest BCUT2D eigenvalue weighted by Crippen LogP contribution is 2.34. The van der Waals surface area contributed by atoms with E-state index >= 15 is 0 Å². The summed E-state index contributed by atoms with van der Waals surface area (Å²) in [5, 5.41) is 6.84. The number of rotatable bonds is 6. The quantitative estimate of drug-likeness (QED) is 0.570. The van der Waals surface area contributed by atoms with Crippen LogP contribution in [0.4, 0.5) is 5.00 Å². The number of esters is 1. The molecule has 3 heterocycles. The van der Waals surface area contributed by atoms with Crippen molar-refractivity contribution in [2.75, 3.05) is 26.0 Å². The van der Waals surface area contributed by atoms with Gasteiger partial charge in [-0.25, -0.2) is 18.7 Å². The van der Waals surface area contributed by atoms with Gasteiger partial charge in [0.2, 0.25) is 5.91 Å². The molecule has 0 atom stereocenters. The molecule has 1 N–H and O–H groups in total. The Balaban J connectivity index is 1.92. The molecule has 0 aliphatic rings. The molecule has 30 heavy (non-hydrogen) atoms. The molecule has 3 aromatic heterocycles. The monoisotopic (exact) mass is 432 g/mol. The predicted octanol–water partition coefficient (Wildman–Crippen LogP) is 0.778. The number of hydrogen-bond donors (Lipinski definition) is 1. The molecule has 0 radical (unpaired) electrons. The lowest BCUT2D eigenvalue weighted by atomic mass is 10.1. The molecule has 0 spiro atoms. The van der Waals surface area contributed by atoms with Gasteiger partial charge in [-0.3, -0.25) is 14.6 Å². The van der Waals surface area contributed by atoms with E-state index in [1.165, 1.54) is 27.9 Å². The van der Waals surface area contributed by atoms with Gasteiger partial charge in [0.1, 0.15) is 11.5 Å². The first-order chi connectivity index (χ1) is 14.2. The Morgan fingerprint density at radius 2 is 2.03 bits per heavy atom. The van der Waals surface area contributed by atoms with E-state index in [1.807, 2.05) is 0 Å². The van der Waals surface area contributed by atoms with Gasteiger partial charge >= 0.3 is 11.7 Å². The summed E-state index contributed by atoms with van der Waals surface area (Å²) in [4.78, 5) is 55.4. The molecule has 0 unspecified atom stereocenters. The van der Waals surface area contributed by atoms with Crippen molar-refractivity contribution in [3.8, 4) is 0 Å². The third-order valence-corrected chi connectivity index (χ3v) is 5.36. The number of nitrogens with zero attached hydrogens (tertiary/aromatic N) is 5. The third kappa shape index (κ3) is 3.94. The molecule has 0 bridgehead atoms. The number of thiophene rings is 1. The molecular formula is C18H20N6O5S. The summed E-state index contributed by atoms with van der Waals surface area (Å²) < 4.78 is 7.32. The zero-order valence-electron chi connectivity index (χ0n) is 16.8. The van der Waals surface area contributed by atoms with Gasteiger partial charge in [-0.2, -0.15) is 0 Å². The van der Waals surface area contributed by atoms with Crippen molar-refractivity contribution in [2.24, 2.45) is 0 Å². The summed E-state index contributed by atoms with van der Waals surface area (Å²) in [6, 6.07) is 0. The van der Waals surface area contributed by atoms with Crippen LogP contribution in [0, 0.1) is 6.92 Å². The van der Waals surface area contributed by atoms with Crippen molar-refractivity contribution in [1.82, 2.24) is 24.1 Å². The molecule has 158 valence electrons. The Labute approximate surface area is 174 Å². The number of carbonyl (C=O) groups excluding carboxylic acids is 3. The van der Waals surface area contributed by atoms with E-state index in [1.54, 1.807) is 27.9 Å². The minimum absolute atomic E-state index is 0.118. The molecule has 11 nitrogen and oxygen atoms in total. The van der Waals surface area contributed by atoms with Gasteiger partial charge in [-0.1, -0.05) is 0 Å². The first kappa shape index (κ1) is 21.2. The number of fused-ring (bicyclic) bond motifs is 1. The summed E-state index contributed by atoms with van der Waals surface area (Å²) in [5.74, 6) is -1.52. The number of hydrogen-bond acceptors (Lipinski definition) is 8. The second-order valence-corrected chi connectivity index (χ2v) is 7.49. The van der Waals surface area contributed by atoms with Crippen LogP contribution in [0.1, 0.15) is 32.5 Å². The standard InChI is InChI=1S/C18H20N6O5S/c1-5-29-17(27)13-10(2)14(16(26)22(3)4)30-15(13)20-12(25)9-24-18(28)23-7-6-19-8-11(23)21-24/h6-8H,5,9H2,1-4H3,(H,20,25). The van der Waals surface area contributed by atoms with Crippen LogP contribution in [0.15, 0.2) is 23.4 Å². The van der Waals surface area contributed by atoms with E-state index in [0.29, 0.717) is 16.1 Å². The summed E-state index contributed by atoms with van der Waals surface area (Å²) in [6.45, 7) is 3.04. The van der Waals surface area contributed by atoms with E-state index in [9.17, 15) is 19.2 Å². The summed E-state index contributed by atoms with van der Waals surface area (Å²) >= 11 is 0.978. The highest BCUT2D eigenvalue weighted by molar-refractivity contribution is 7.18. The zero-order chi connectivity index (χ0) is 22.0. The molecule has 12 heteroatoms. The molecule has 0 fully saturated rings. The van der Waals surface area contributed by atoms with Gasteiger partial charge in [0.25, 0.3) is 5.91 Å². The Morgan fingerprint density at radius 3 is 2.67 bits per heavy atom. The van der Waals surface area contributed by atoms with E-state index in [-0.39, 0.29) is 29.6 Å². The number of carbonyl (C=O) groups is 3. The Kier molecular flexibility index (Phi) is 5.96. The fourth-order valence-corrected chi connectivity index (χ4v) is 3.98. The van der Waals surface area contributed by atoms with Crippen molar-refractivity contribution in [3.05, 3.63) is 45.1 Å². The minimum Gasteiger partial charge on any atom is -0.462 e. The fourth-order valence-electron chi connectivity index (χ4n) is 2.74. The molecule has 0 aliphatic heterocycles. The summed E-state index contributed by atoms with van der Waals surface area (Å²) in [7, 11) is 3.18. The van der Waals surface area contributed by atoms with E-state index in [2.05, 4.69) is 15.4 Å². The van der Waals surface area contributed by atoms with Crippen LogP contribution in [0.25, 0.3) is 5.65 Å². The van der Waals surface area contributed by atoms with Crippen LogP contribution >= 0.6 is 11.3 Å². The number of aromatic nitrogens is 4. The van der Waals surface area contributed by atoms with E-state index < -0.39 is 17.6 Å². The van der Waals surface area contributed by atoms with Crippen molar-refractivity contribution >= 4 is 39.8 Å². The van der Waals surface area contributed by atoms with Crippen LogP contribution in [-0.4, -0.2) is 62.6 Å². The van der Waals surface area contributed by atoms with E-state index in [0.717, 1.165) is 16.0 Å². The maximum Gasteiger partial charge on any atom is 0.350 e. The maximum atomic E-state index is 12.6. The molecule has 0 saturated heterocycles. The number of amides is 2. The normalized spacial score (nSPS) is 10.8. The summed E-state index contributed by atoms with van der Waals surface area (Å²) in [5.41, 5.74) is 0.336. The van der Waals surface area contributed by atoms with Crippen molar-refractivity contribution < 1.29 is 19.1 Å². The maximum absolute atomic E-state index is 12.6. The van der Waals surface area contributed by atoms with Crippen LogP contribution < -0.4 is 11.0 Å². The molecule has 2 amide bonds. The average molecular weight is 432 g/mol. The Hall–Kier alpha value is -3.54. The molecule has 0 aromatic carbocycles. The second-order valence-electron chi connectivity index (χ2n) is 6.47. The highest BCUT2D eigenvalue weighted by Gasteiger charge is 2.27. The molecule has 3 aromatic rings. The van der Waals surface area contributed by atoms with Crippen molar-refractivity contribution in [1.29, 1.82) is 0 Å². The average Bonchev–Trinajstić information content (AvgIpc) is 3.18. The highest BCUT2D eigenvalue weighted by atomic mass is 32.1. The van der Waals surface area contributed by atoms with Crippen LogP contribution in [0.5, 0.6) is 0 Å². The topological polar surface area (TPSA) is 128 Å². The molecular weight excluding hydrogens is 412 g/mol. The number of anilines is 1. The molecule has 0 saturated carbocycles. The van der Waals surface area contributed by atoms with Crippen LogP contribution in [-0.2, 0) is 16.1 Å². The second kappa shape index (κ2) is 8.45. The number of nitrogens with one attached hydrogen (secondary N) is 1. The lowest BCUT2D eigenvalue weighted by molar-refractivity contribution is -0.116. The van der Waals surface area contributed by atoms with Crippen LogP contribution in [0.2, 0.25) is 0 Å². The lowest BCUT2D eigenvalue weighted by Gasteiger charge is -2.09. The predicted molar refractivity (Wildman–Crippen MR) is 109 cm³/mol. The lowest BCUT2D eigenvalue weighted by Crippen LogP contribution is -2.28. The van der Waals surface area contributed by atoms with Gasteiger partial charge in [-0.05, 0) is 19.4 Å². The fraction of sp³-hybridized carbons (Fsp3) is 0.333. The molecule has 3 rings (SSSR count). The van der Waals surface area contributed by atoms with Crippen LogP contribution in [0.3, 0.4) is 0 Å². The van der Waals surface area contributed by atoms with Gasteiger partial charge in [0.05, 0.1) is 23.2 Å². The third-order valence-electron chi connectivity index (χ3n) is 4.16. The smallest absolute Gasteiger partial charge is 0.350 e. The zero-order valence-corrected chi connectivity index (χ0v) is 17.6. The minimum atomic E-state index is -0.643. The Morgan fingerprint density at radius 1 is 1.30 bits per heavy atom.